The van der Waals surface area contributed by atoms with Crippen LogP contribution in [0.3, 0.4) is 0 Å². The zero-order chi connectivity index (χ0) is 31.3. The maximum absolute atomic E-state index is 3.37. The van der Waals surface area contributed by atoms with Crippen molar-refractivity contribution >= 4 is 24.8 Å². The first-order valence-corrected chi connectivity index (χ1v) is 17.5. The fraction of sp³-hybridized carbons (Fsp3) is 0.302. The van der Waals surface area contributed by atoms with Crippen molar-refractivity contribution in [2.75, 3.05) is 0 Å². The Hall–Kier alpha value is -3.02. The molecule has 1 saturated carbocycles. The van der Waals surface area contributed by atoms with E-state index < -0.39 is 0 Å². The Morgan fingerprint density at radius 1 is 0.705 bits per heavy atom. The number of rotatable bonds is 3. The topological polar surface area (TPSA) is 0 Å². The minimum absolute atomic E-state index is 0.482. The van der Waals surface area contributed by atoms with Gasteiger partial charge in [0.1, 0.15) is 0 Å². The Kier molecular flexibility index (Phi) is 10.6. The molecule has 0 aromatic heterocycles. The second-order valence-electron chi connectivity index (χ2n) is 13.1. The van der Waals surface area contributed by atoms with E-state index in [9.17, 15) is 0 Å². The normalized spacial score (nSPS) is 17.0. The molecule has 0 N–H and O–H groups in total. The van der Waals surface area contributed by atoms with E-state index in [4.69, 9.17) is 0 Å². The van der Waals surface area contributed by atoms with Gasteiger partial charge >= 0.3 is 99.2 Å². The van der Waals surface area contributed by atoms with E-state index in [1.165, 1.54) is 114 Å². The van der Waals surface area contributed by atoms with Gasteiger partial charge in [-0.3, -0.25) is 6.08 Å². The van der Waals surface area contributed by atoms with Gasteiger partial charge in [0.15, 0.2) is 0 Å². The van der Waals surface area contributed by atoms with E-state index in [1.807, 2.05) is 0 Å². The molecular formula is C43H46Zr. The predicted octanol–water partition coefficient (Wildman–Crippen LogP) is 11.6. The monoisotopic (exact) mass is 652 g/mol. The van der Waals surface area contributed by atoms with Crippen LogP contribution < -0.4 is 0 Å². The summed E-state index contributed by atoms with van der Waals surface area (Å²) in [6.07, 6.45) is 15.0. The third-order valence-corrected chi connectivity index (χ3v) is 11.1. The molecule has 1 atom stereocenters. The summed E-state index contributed by atoms with van der Waals surface area (Å²) in [7, 11) is 0. The number of benzene rings is 4. The summed E-state index contributed by atoms with van der Waals surface area (Å²) in [5.41, 5.74) is 10.2. The molecule has 0 amide bonds. The molecule has 0 nitrogen and oxygen atoms in total. The standard InChI is InChI=1S/C17H17.C13H19.C13H10.Zr/c1-10-5-14-9-15-6-11(2)13(4)8-17(15)16(14)7-12(10)3;1-11-6-7-12(10-11)13(2)8-4-3-5-9-13;1-3-7-12(8-4-1)11-13-9-5-2-6-10-13;/h5-9H,1-4H3;7,10-11H,3-5,8-9H2,1-2H3;1-10H;/q2*-1;;+2. The number of allylic oxidation sites excluding steroid dienone is 4. The van der Waals surface area contributed by atoms with Gasteiger partial charge in [-0.25, -0.2) is 6.08 Å². The molecule has 5 aromatic rings. The van der Waals surface area contributed by atoms with Gasteiger partial charge in [0, 0.05) is 0 Å². The van der Waals surface area contributed by atoms with E-state index in [2.05, 4.69) is 151 Å². The third-order valence-electron chi connectivity index (χ3n) is 9.64. The van der Waals surface area contributed by atoms with Crippen LogP contribution in [-0.4, -0.2) is 3.21 Å². The van der Waals surface area contributed by atoms with Crippen molar-refractivity contribution < 1.29 is 24.2 Å². The first-order chi connectivity index (χ1) is 21.1. The van der Waals surface area contributed by atoms with E-state index in [0.29, 0.717) is 11.3 Å². The van der Waals surface area contributed by atoms with E-state index >= 15 is 0 Å². The third kappa shape index (κ3) is 7.61. The molecule has 0 bridgehead atoms. The first kappa shape index (κ1) is 32.4. The van der Waals surface area contributed by atoms with Crippen LogP contribution >= 0.6 is 0 Å². The van der Waals surface area contributed by atoms with Gasteiger partial charge in [0.05, 0.1) is 0 Å². The Morgan fingerprint density at radius 3 is 1.59 bits per heavy atom. The fourth-order valence-electron chi connectivity index (χ4n) is 6.51. The van der Waals surface area contributed by atoms with Crippen molar-refractivity contribution in [3.05, 3.63) is 148 Å². The first-order valence-electron chi connectivity index (χ1n) is 16.2. The second kappa shape index (κ2) is 14.4. The quantitative estimate of drug-likeness (QED) is 0.170. The predicted molar refractivity (Wildman–Crippen MR) is 188 cm³/mol. The molecule has 0 heterocycles. The molecule has 1 fully saturated rings. The summed E-state index contributed by atoms with van der Waals surface area (Å²) in [5.74, 6) is 0.550. The fourth-order valence-corrected chi connectivity index (χ4v) is 7.33. The summed E-state index contributed by atoms with van der Waals surface area (Å²) in [4.78, 5) is 0. The molecule has 1 unspecified atom stereocenters. The molecule has 0 radical (unpaired) electrons. The Bertz CT molecular complexity index is 1690. The molecule has 0 saturated heterocycles. The van der Waals surface area contributed by atoms with Crippen LogP contribution in [0.15, 0.2) is 109 Å². The summed E-state index contributed by atoms with van der Waals surface area (Å²) in [6.45, 7) is 13.4. The summed E-state index contributed by atoms with van der Waals surface area (Å²) in [6, 6.07) is 32.7. The average Bonchev–Trinajstić information content (AvgIpc) is 3.62. The molecule has 222 valence electrons. The molecule has 2 aliphatic carbocycles. The molecular weight excluding hydrogens is 608 g/mol. The molecule has 1 heteroatoms. The average molecular weight is 654 g/mol. The summed E-state index contributed by atoms with van der Waals surface area (Å²) < 4.78 is 1.42. The number of aryl methyl sites for hydroxylation is 4. The van der Waals surface area contributed by atoms with Crippen molar-refractivity contribution in [3.8, 4) is 0 Å². The van der Waals surface area contributed by atoms with Gasteiger partial charge in [-0.2, -0.15) is 11.6 Å². The number of hydrogen-bond donors (Lipinski definition) is 0. The summed E-state index contributed by atoms with van der Waals surface area (Å²) >= 11 is 1.46. The van der Waals surface area contributed by atoms with Crippen LogP contribution in [0.2, 0.25) is 0 Å². The number of hydrogen-bond acceptors (Lipinski definition) is 0. The minimum atomic E-state index is 0.482. The van der Waals surface area contributed by atoms with Crippen LogP contribution in [0.4, 0.5) is 0 Å². The van der Waals surface area contributed by atoms with Crippen molar-refractivity contribution in [1.29, 1.82) is 0 Å². The Balaban J connectivity index is 0.000000132. The van der Waals surface area contributed by atoms with Gasteiger partial charge < -0.3 is 0 Å². The summed E-state index contributed by atoms with van der Waals surface area (Å²) in [5, 5.41) is 5.53. The zero-order valence-electron chi connectivity index (χ0n) is 27.4. The second-order valence-corrected chi connectivity index (χ2v) is 14.4. The van der Waals surface area contributed by atoms with Crippen molar-refractivity contribution in [2.45, 2.75) is 73.6 Å². The van der Waals surface area contributed by atoms with Crippen LogP contribution in [0.5, 0.6) is 0 Å². The number of fused-ring (bicyclic) bond motifs is 3. The van der Waals surface area contributed by atoms with Crippen LogP contribution in [0, 0.1) is 45.1 Å². The zero-order valence-corrected chi connectivity index (χ0v) is 29.9. The van der Waals surface area contributed by atoms with Gasteiger partial charge in [0.2, 0.25) is 0 Å². The van der Waals surface area contributed by atoms with Gasteiger partial charge in [-0.1, -0.05) is 91.7 Å². The molecule has 0 aliphatic heterocycles. The van der Waals surface area contributed by atoms with Crippen molar-refractivity contribution in [2.24, 2.45) is 11.3 Å². The van der Waals surface area contributed by atoms with E-state index in [-0.39, 0.29) is 0 Å². The van der Waals surface area contributed by atoms with E-state index in [1.54, 1.807) is 5.57 Å². The van der Waals surface area contributed by atoms with Gasteiger partial charge in [-0.05, 0) is 27.7 Å². The van der Waals surface area contributed by atoms with Crippen LogP contribution in [0.1, 0.15) is 79.3 Å². The molecule has 5 aromatic carbocycles. The van der Waals surface area contributed by atoms with Crippen molar-refractivity contribution in [3.63, 3.8) is 0 Å². The Morgan fingerprint density at radius 2 is 1.16 bits per heavy atom. The van der Waals surface area contributed by atoms with E-state index in [0.717, 1.165) is 0 Å². The SMILES string of the molecule is CC1[C-]=CC(C2(C)CCCCC2)=C1.Cc1cc2[cH-]c3cc(C)c(C)cc3c2cc1C.[Zr+2]=[C](c1ccccc1)c1ccccc1. The molecule has 0 spiro atoms. The maximum atomic E-state index is 3.37. The van der Waals surface area contributed by atoms with Gasteiger partial charge in [-0.15, -0.1) is 39.7 Å². The molecule has 7 rings (SSSR count). The molecule has 2 aliphatic rings. The van der Waals surface area contributed by atoms with Gasteiger partial charge in [0.25, 0.3) is 0 Å². The van der Waals surface area contributed by atoms with Crippen LogP contribution in [-0.2, 0) is 24.2 Å². The van der Waals surface area contributed by atoms with Crippen LogP contribution in [0.25, 0.3) is 21.5 Å². The molecule has 44 heavy (non-hydrogen) atoms. The van der Waals surface area contributed by atoms with Crippen molar-refractivity contribution in [1.82, 2.24) is 0 Å². The Labute approximate surface area is 280 Å².